The van der Waals surface area contributed by atoms with E-state index in [1.54, 1.807) is 0 Å². The van der Waals surface area contributed by atoms with Gasteiger partial charge in [-0.15, -0.1) is 0 Å². The number of rotatable bonds is 4. The Labute approximate surface area is 115 Å². The maximum Gasteiger partial charge on any atom is 0.312 e. The first-order chi connectivity index (χ1) is 9.36. The number of sulfonamides is 1. The molecule has 1 unspecified atom stereocenters. The molecule has 1 saturated heterocycles. The van der Waals surface area contributed by atoms with Gasteiger partial charge < -0.3 is 9.84 Å². The number of hydrogen-bond acceptors (Lipinski definition) is 6. The Hall–Kier alpha value is -1.71. The highest BCUT2D eigenvalue weighted by Gasteiger charge is 2.33. The highest BCUT2D eigenvalue weighted by molar-refractivity contribution is 7.89. The van der Waals surface area contributed by atoms with E-state index < -0.39 is 26.4 Å². The quantitative estimate of drug-likeness (QED) is 0.648. The van der Waals surface area contributed by atoms with Crippen LogP contribution in [0, 0.1) is 10.1 Å². The number of nitrogens with zero attached hydrogens (tertiary/aromatic N) is 2. The molecule has 9 heteroatoms. The van der Waals surface area contributed by atoms with Crippen molar-refractivity contribution in [1.82, 2.24) is 4.31 Å². The summed E-state index contributed by atoms with van der Waals surface area (Å²) in [6.07, 6.45) is 0.410. The van der Waals surface area contributed by atoms with E-state index in [1.807, 2.05) is 0 Å². The number of nitro benzene ring substituents is 1. The van der Waals surface area contributed by atoms with Crippen molar-refractivity contribution in [3.8, 4) is 5.75 Å². The number of benzene rings is 1. The van der Waals surface area contributed by atoms with E-state index >= 15 is 0 Å². The van der Waals surface area contributed by atoms with Gasteiger partial charge in [0.25, 0.3) is 0 Å². The lowest BCUT2D eigenvalue weighted by Crippen LogP contribution is -2.30. The average molecular weight is 302 g/mol. The summed E-state index contributed by atoms with van der Waals surface area (Å²) < 4.78 is 31.0. The number of nitro groups is 1. The zero-order valence-corrected chi connectivity index (χ0v) is 11.5. The largest absolute Gasteiger partial charge is 0.502 e. The molecule has 0 spiro atoms. The van der Waals surface area contributed by atoms with Crippen molar-refractivity contribution < 1.29 is 23.2 Å². The molecule has 1 N–H and O–H groups in total. The molecule has 1 aromatic rings. The molecule has 1 aliphatic rings. The molecule has 8 nitrogen and oxygen atoms in total. The average Bonchev–Trinajstić information content (AvgIpc) is 2.88. The topological polar surface area (TPSA) is 110 Å². The number of methoxy groups -OCH3 is 1. The van der Waals surface area contributed by atoms with Crippen LogP contribution in [0.15, 0.2) is 23.1 Å². The highest BCUT2D eigenvalue weighted by Crippen LogP contribution is 2.30. The molecule has 1 atom stereocenters. The fourth-order valence-corrected chi connectivity index (χ4v) is 3.57. The van der Waals surface area contributed by atoms with Crippen molar-refractivity contribution >= 4 is 15.7 Å². The third-order valence-corrected chi connectivity index (χ3v) is 5.08. The van der Waals surface area contributed by atoms with Gasteiger partial charge in [0.2, 0.25) is 10.0 Å². The van der Waals surface area contributed by atoms with E-state index in [4.69, 9.17) is 4.74 Å². The van der Waals surface area contributed by atoms with Crippen LogP contribution in [0.3, 0.4) is 0 Å². The second kappa shape index (κ2) is 5.35. The van der Waals surface area contributed by atoms with Gasteiger partial charge in [0, 0.05) is 26.3 Å². The Bertz CT molecular complexity index is 630. The van der Waals surface area contributed by atoms with Crippen LogP contribution in [0.25, 0.3) is 0 Å². The van der Waals surface area contributed by atoms with Crippen molar-refractivity contribution in [2.24, 2.45) is 0 Å². The first-order valence-electron chi connectivity index (χ1n) is 5.86. The molecule has 110 valence electrons. The maximum atomic E-state index is 12.3. The summed E-state index contributed by atoms with van der Waals surface area (Å²) in [5.74, 6) is -0.565. The van der Waals surface area contributed by atoms with Crippen LogP contribution in [0.5, 0.6) is 5.75 Å². The van der Waals surface area contributed by atoms with Crippen LogP contribution < -0.4 is 0 Å². The number of hydrogen-bond donors (Lipinski definition) is 1. The van der Waals surface area contributed by atoms with Gasteiger partial charge in [-0.1, -0.05) is 0 Å². The molecule has 0 amide bonds. The summed E-state index contributed by atoms with van der Waals surface area (Å²) in [5, 5.41) is 20.1. The summed E-state index contributed by atoms with van der Waals surface area (Å²) in [4.78, 5) is 9.71. The molecule has 1 aromatic carbocycles. The lowest BCUT2D eigenvalue weighted by molar-refractivity contribution is -0.386. The van der Waals surface area contributed by atoms with E-state index in [0.717, 1.165) is 18.2 Å². The number of phenolic OH excluding ortho intramolecular Hbond substituents is 1. The smallest absolute Gasteiger partial charge is 0.312 e. The molecular weight excluding hydrogens is 288 g/mol. The van der Waals surface area contributed by atoms with Gasteiger partial charge in [-0.2, -0.15) is 4.31 Å². The van der Waals surface area contributed by atoms with Crippen LogP contribution in [0.1, 0.15) is 6.42 Å². The first kappa shape index (κ1) is 14.7. The lowest BCUT2D eigenvalue weighted by atomic mass is 10.3. The number of aromatic hydroxyl groups is 1. The van der Waals surface area contributed by atoms with Gasteiger partial charge in [-0.3, -0.25) is 10.1 Å². The van der Waals surface area contributed by atoms with Gasteiger partial charge >= 0.3 is 5.69 Å². The Morgan fingerprint density at radius 1 is 1.50 bits per heavy atom. The molecular formula is C11H14N2O6S. The molecule has 0 bridgehead atoms. The monoisotopic (exact) mass is 302 g/mol. The minimum Gasteiger partial charge on any atom is -0.502 e. The predicted octanol–water partition coefficient (Wildman–Crippen LogP) is 0.710. The van der Waals surface area contributed by atoms with Crippen molar-refractivity contribution in [2.45, 2.75) is 17.4 Å². The molecule has 0 saturated carbocycles. The summed E-state index contributed by atoms with van der Waals surface area (Å²) in [5.41, 5.74) is -0.631. The zero-order valence-electron chi connectivity index (χ0n) is 10.7. The van der Waals surface area contributed by atoms with Crippen LogP contribution in [0.2, 0.25) is 0 Å². The van der Waals surface area contributed by atoms with Crippen LogP contribution >= 0.6 is 0 Å². The second-order valence-electron chi connectivity index (χ2n) is 4.42. The van der Waals surface area contributed by atoms with E-state index in [9.17, 15) is 23.6 Å². The van der Waals surface area contributed by atoms with E-state index in [1.165, 1.54) is 11.4 Å². The van der Waals surface area contributed by atoms with Gasteiger partial charge in [0.1, 0.15) is 0 Å². The highest BCUT2D eigenvalue weighted by atomic mass is 32.2. The fourth-order valence-electron chi connectivity index (χ4n) is 2.07. The van der Waals surface area contributed by atoms with E-state index in [0.29, 0.717) is 13.0 Å². The number of ether oxygens (including phenoxy) is 1. The summed E-state index contributed by atoms with van der Waals surface area (Å²) in [7, 11) is -2.31. The first-order valence-corrected chi connectivity index (χ1v) is 7.30. The standard InChI is InChI=1S/C11H14N2O6S/c1-19-8-4-5-12(7-8)20(17,18)9-2-3-11(14)10(6-9)13(15)16/h2-3,6,8,14H,4-5,7H2,1H3. The Balaban J connectivity index is 2.35. The minimum atomic E-state index is -3.82. The van der Waals surface area contributed by atoms with Crippen molar-refractivity contribution in [3.05, 3.63) is 28.3 Å². The molecule has 1 aliphatic heterocycles. The number of phenols is 1. The third kappa shape index (κ3) is 2.60. The summed E-state index contributed by atoms with van der Waals surface area (Å²) in [6.45, 7) is 0.517. The van der Waals surface area contributed by atoms with Gasteiger partial charge in [-0.05, 0) is 18.6 Å². The van der Waals surface area contributed by atoms with E-state index in [2.05, 4.69) is 0 Å². The van der Waals surface area contributed by atoms with Gasteiger partial charge in [-0.25, -0.2) is 8.42 Å². The molecule has 2 rings (SSSR count). The summed E-state index contributed by atoms with van der Waals surface area (Å²) >= 11 is 0. The SMILES string of the molecule is COC1CCN(S(=O)(=O)c2ccc(O)c([N+](=O)[O-])c2)C1. The molecule has 0 aromatic heterocycles. The van der Waals surface area contributed by atoms with E-state index in [-0.39, 0.29) is 17.5 Å². The Morgan fingerprint density at radius 2 is 2.20 bits per heavy atom. The van der Waals surface area contributed by atoms with Crippen molar-refractivity contribution in [2.75, 3.05) is 20.2 Å². The molecule has 1 fully saturated rings. The minimum absolute atomic E-state index is 0.170. The molecule has 20 heavy (non-hydrogen) atoms. The fraction of sp³-hybridized carbons (Fsp3) is 0.455. The van der Waals surface area contributed by atoms with Crippen LogP contribution in [-0.2, 0) is 14.8 Å². The Morgan fingerprint density at radius 3 is 2.75 bits per heavy atom. The predicted molar refractivity (Wildman–Crippen MR) is 68.9 cm³/mol. The van der Waals surface area contributed by atoms with Crippen molar-refractivity contribution in [1.29, 1.82) is 0 Å². The lowest BCUT2D eigenvalue weighted by Gasteiger charge is -2.16. The maximum absolute atomic E-state index is 12.3. The molecule has 0 aliphatic carbocycles. The zero-order chi connectivity index (χ0) is 14.9. The summed E-state index contributed by atoms with van der Waals surface area (Å²) in [6, 6.07) is 3.03. The van der Waals surface area contributed by atoms with Crippen molar-refractivity contribution in [3.63, 3.8) is 0 Å². The Kier molecular flexibility index (Phi) is 3.93. The van der Waals surface area contributed by atoms with Gasteiger partial charge in [0.15, 0.2) is 5.75 Å². The molecule has 0 radical (unpaired) electrons. The van der Waals surface area contributed by atoms with Crippen LogP contribution in [0.4, 0.5) is 5.69 Å². The molecule has 1 heterocycles. The van der Waals surface area contributed by atoms with Crippen LogP contribution in [-0.4, -0.2) is 49.1 Å². The van der Waals surface area contributed by atoms with Gasteiger partial charge in [0.05, 0.1) is 15.9 Å². The second-order valence-corrected chi connectivity index (χ2v) is 6.36. The normalized spacial score (nSPS) is 20.1. The third-order valence-electron chi connectivity index (χ3n) is 3.22.